The van der Waals surface area contributed by atoms with Gasteiger partial charge in [0.05, 0.1) is 12.7 Å². The third-order valence-electron chi connectivity index (χ3n) is 4.03. The summed E-state index contributed by atoms with van der Waals surface area (Å²) in [6.45, 7) is 14.2. The number of rotatable bonds is 6. The fourth-order valence-electron chi connectivity index (χ4n) is 1.76. The van der Waals surface area contributed by atoms with Crippen LogP contribution in [0.3, 0.4) is 0 Å². The van der Waals surface area contributed by atoms with E-state index in [9.17, 15) is 4.79 Å². The van der Waals surface area contributed by atoms with Crippen LogP contribution in [0.25, 0.3) is 0 Å². The molecule has 0 saturated heterocycles. The van der Waals surface area contributed by atoms with Crippen molar-refractivity contribution in [1.29, 1.82) is 0 Å². The van der Waals surface area contributed by atoms with Crippen LogP contribution >= 0.6 is 0 Å². The second-order valence-corrected chi connectivity index (χ2v) is 11.5. The molecule has 20 heavy (non-hydrogen) atoms. The average Bonchev–Trinajstić information content (AvgIpc) is 2.26. The minimum absolute atomic E-state index is 0.126. The zero-order chi connectivity index (χ0) is 15.4. The van der Waals surface area contributed by atoms with E-state index in [1.165, 1.54) is 6.08 Å². The molecule has 1 aliphatic heterocycles. The Balaban J connectivity index is 2.44. The lowest BCUT2D eigenvalue weighted by Crippen LogP contribution is -2.41. The molecule has 1 unspecified atom stereocenters. The third kappa shape index (κ3) is 4.94. The van der Waals surface area contributed by atoms with Gasteiger partial charge in [0, 0.05) is 19.4 Å². The second kappa shape index (κ2) is 6.76. The first kappa shape index (κ1) is 17.2. The van der Waals surface area contributed by atoms with Crippen LogP contribution in [-0.4, -0.2) is 33.6 Å². The first-order chi connectivity index (χ1) is 9.15. The first-order valence-corrected chi connectivity index (χ1v) is 10.2. The van der Waals surface area contributed by atoms with Crippen molar-refractivity contribution in [3.63, 3.8) is 0 Å². The molecule has 0 aromatic heterocycles. The Morgan fingerprint density at radius 2 is 2.05 bits per heavy atom. The highest BCUT2D eigenvalue weighted by atomic mass is 28.4. The Kier molecular flexibility index (Phi) is 5.83. The molecular weight excluding hydrogens is 272 g/mol. The molecule has 0 aromatic carbocycles. The summed E-state index contributed by atoms with van der Waals surface area (Å²) >= 11 is 0. The maximum atomic E-state index is 11.5. The van der Waals surface area contributed by atoms with Crippen molar-refractivity contribution in [2.45, 2.75) is 64.8 Å². The molecule has 0 radical (unpaired) electrons. The van der Waals surface area contributed by atoms with Crippen LogP contribution in [0.2, 0.25) is 18.1 Å². The molecule has 0 amide bonds. The quantitative estimate of drug-likeness (QED) is 0.555. The van der Waals surface area contributed by atoms with Crippen molar-refractivity contribution >= 4 is 14.3 Å². The van der Waals surface area contributed by atoms with E-state index in [1.54, 1.807) is 0 Å². The number of hydrogen-bond donors (Lipinski definition) is 0. The summed E-state index contributed by atoms with van der Waals surface area (Å²) < 4.78 is 16.8. The van der Waals surface area contributed by atoms with Crippen molar-refractivity contribution in [2.75, 3.05) is 13.2 Å². The van der Waals surface area contributed by atoms with Gasteiger partial charge < -0.3 is 13.9 Å². The first-order valence-electron chi connectivity index (χ1n) is 7.33. The number of carbonyl (C=O) groups excluding carboxylic acids is 1. The van der Waals surface area contributed by atoms with E-state index in [4.69, 9.17) is 13.9 Å². The molecule has 0 saturated carbocycles. The minimum Gasteiger partial charge on any atom is -0.498 e. The van der Waals surface area contributed by atoms with Crippen molar-refractivity contribution < 1.29 is 18.7 Å². The molecule has 1 aliphatic rings. The van der Waals surface area contributed by atoms with Crippen molar-refractivity contribution in [1.82, 2.24) is 0 Å². The van der Waals surface area contributed by atoms with Crippen LogP contribution in [0.1, 0.15) is 40.5 Å². The maximum Gasteiger partial charge on any atom is 0.334 e. The molecule has 5 heteroatoms. The largest absolute Gasteiger partial charge is 0.498 e. The lowest BCUT2D eigenvalue weighted by atomic mass is 10.1. The molecule has 0 aliphatic carbocycles. The summed E-state index contributed by atoms with van der Waals surface area (Å²) in [5.74, 6) is 0.415. The lowest BCUT2D eigenvalue weighted by molar-refractivity contribution is -0.146. The highest BCUT2D eigenvalue weighted by Gasteiger charge is 2.37. The van der Waals surface area contributed by atoms with Crippen molar-refractivity contribution in [2.24, 2.45) is 0 Å². The standard InChI is InChI=1S/C15H28O4Si/c1-7-17-13-10-12(19-14(16)11-13)8-9-18-20(5,6)15(2,3)4/h11-12H,7-10H2,1-6H3. The SMILES string of the molecule is CCOC1=CC(=O)OC(CCO[Si](C)(C)C(C)(C)C)C1. The number of hydrogen-bond acceptors (Lipinski definition) is 4. The molecule has 116 valence electrons. The number of esters is 1. The molecule has 0 fully saturated rings. The number of carbonyl (C=O) groups is 1. The predicted octanol–water partition coefficient (Wildman–Crippen LogP) is 3.63. The average molecular weight is 300 g/mol. The Hall–Kier alpha value is -0.813. The maximum absolute atomic E-state index is 11.5. The van der Waals surface area contributed by atoms with Crippen LogP contribution < -0.4 is 0 Å². The fraction of sp³-hybridized carbons (Fsp3) is 0.800. The van der Waals surface area contributed by atoms with E-state index < -0.39 is 8.32 Å². The Bertz CT molecular complexity index is 369. The van der Waals surface area contributed by atoms with E-state index in [2.05, 4.69) is 33.9 Å². The number of cyclic esters (lactones) is 1. The predicted molar refractivity (Wildman–Crippen MR) is 82.0 cm³/mol. The van der Waals surface area contributed by atoms with E-state index in [0.29, 0.717) is 19.6 Å². The summed E-state index contributed by atoms with van der Waals surface area (Å²) in [6.07, 6.45) is 2.69. The van der Waals surface area contributed by atoms with Gasteiger partial charge in [-0.05, 0) is 25.1 Å². The van der Waals surface area contributed by atoms with Crippen LogP contribution in [0.5, 0.6) is 0 Å². The summed E-state index contributed by atoms with van der Waals surface area (Å²) in [5.41, 5.74) is 0. The Morgan fingerprint density at radius 3 is 2.60 bits per heavy atom. The smallest absolute Gasteiger partial charge is 0.334 e. The van der Waals surface area contributed by atoms with Crippen LogP contribution in [0.15, 0.2) is 11.8 Å². The van der Waals surface area contributed by atoms with E-state index in [0.717, 1.165) is 12.2 Å². The number of ether oxygens (including phenoxy) is 2. The Morgan fingerprint density at radius 1 is 1.40 bits per heavy atom. The van der Waals surface area contributed by atoms with Crippen molar-refractivity contribution in [3.8, 4) is 0 Å². The zero-order valence-corrected chi connectivity index (χ0v) is 14.6. The second-order valence-electron chi connectivity index (χ2n) is 6.70. The fourth-order valence-corrected chi connectivity index (χ4v) is 2.82. The lowest BCUT2D eigenvalue weighted by Gasteiger charge is -2.36. The van der Waals surface area contributed by atoms with Crippen molar-refractivity contribution in [3.05, 3.63) is 11.8 Å². The highest BCUT2D eigenvalue weighted by molar-refractivity contribution is 6.74. The van der Waals surface area contributed by atoms with Gasteiger partial charge >= 0.3 is 5.97 Å². The van der Waals surface area contributed by atoms with E-state index in [-0.39, 0.29) is 17.1 Å². The molecule has 1 atom stereocenters. The highest BCUT2D eigenvalue weighted by Crippen LogP contribution is 2.36. The van der Waals surface area contributed by atoms with Gasteiger partial charge in [-0.15, -0.1) is 0 Å². The topological polar surface area (TPSA) is 44.8 Å². The van der Waals surface area contributed by atoms with Gasteiger partial charge in [0.25, 0.3) is 0 Å². The molecule has 1 heterocycles. The summed E-state index contributed by atoms with van der Waals surface area (Å²) in [4.78, 5) is 11.5. The summed E-state index contributed by atoms with van der Waals surface area (Å²) in [7, 11) is -1.72. The molecule has 1 rings (SSSR count). The van der Waals surface area contributed by atoms with Gasteiger partial charge in [0.15, 0.2) is 8.32 Å². The molecule has 0 spiro atoms. The zero-order valence-electron chi connectivity index (χ0n) is 13.6. The molecule has 4 nitrogen and oxygen atoms in total. The van der Waals surface area contributed by atoms with Gasteiger partial charge in [-0.25, -0.2) is 4.79 Å². The third-order valence-corrected chi connectivity index (χ3v) is 8.57. The van der Waals surface area contributed by atoms with E-state index in [1.807, 2.05) is 6.92 Å². The van der Waals surface area contributed by atoms with Gasteiger partial charge in [0.1, 0.15) is 11.9 Å². The molecule has 0 bridgehead atoms. The molecule has 0 N–H and O–H groups in total. The van der Waals surface area contributed by atoms with Gasteiger partial charge in [-0.1, -0.05) is 20.8 Å². The monoisotopic (exact) mass is 300 g/mol. The molecular formula is C15H28O4Si. The van der Waals surface area contributed by atoms with Gasteiger partial charge in [0.2, 0.25) is 0 Å². The summed E-state index contributed by atoms with van der Waals surface area (Å²) in [5, 5.41) is 0.201. The van der Waals surface area contributed by atoms with Gasteiger partial charge in [-0.2, -0.15) is 0 Å². The normalized spacial score (nSPS) is 20.4. The van der Waals surface area contributed by atoms with Crippen LogP contribution in [0, 0.1) is 0 Å². The summed E-state index contributed by atoms with van der Waals surface area (Å²) in [6, 6.07) is 0. The van der Waals surface area contributed by atoms with Crippen LogP contribution in [-0.2, 0) is 18.7 Å². The van der Waals surface area contributed by atoms with Gasteiger partial charge in [-0.3, -0.25) is 0 Å². The van der Waals surface area contributed by atoms with E-state index >= 15 is 0 Å². The van der Waals surface area contributed by atoms with Crippen LogP contribution in [0.4, 0.5) is 0 Å². The minimum atomic E-state index is -1.72. The molecule has 0 aromatic rings. The Labute approximate surface area is 123 Å².